The highest BCUT2D eigenvalue weighted by molar-refractivity contribution is 7.17. The summed E-state index contributed by atoms with van der Waals surface area (Å²) in [6.07, 6.45) is 3.65. The van der Waals surface area contributed by atoms with Crippen molar-refractivity contribution in [3.05, 3.63) is 65.4 Å². The second-order valence-corrected chi connectivity index (χ2v) is 8.05. The van der Waals surface area contributed by atoms with E-state index in [1.165, 1.54) is 5.56 Å². The smallest absolute Gasteiger partial charge is 0.274 e. The van der Waals surface area contributed by atoms with Gasteiger partial charge >= 0.3 is 0 Å². The van der Waals surface area contributed by atoms with Crippen molar-refractivity contribution in [3.63, 3.8) is 0 Å². The Morgan fingerprint density at radius 3 is 2.46 bits per heavy atom. The largest absolute Gasteiger partial charge is 0.348 e. The third-order valence-electron chi connectivity index (χ3n) is 5.12. The van der Waals surface area contributed by atoms with E-state index in [4.69, 9.17) is 11.6 Å². The minimum atomic E-state index is 0.744. The van der Waals surface area contributed by atoms with Crippen LogP contribution >= 0.6 is 22.9 Å². The van der Waals surface area contributed by atoms with Crippen LogP contribution in [-0.2, 0) is 0 Å². The van der Waals surface area contributed by atoms with E-state index in [2.05, 4.69) is 54.4 Å². The first kappa shape index (κ1) is 17.4. The number of nitrogens with one attached hydrogen (secondary N) is 1. The molecule has 0 saturated carbocycles. The minimum Gasteiger partial charge on any atom is -0.348 e. The SMILES string of the molecule is Clc1ccc(-c2csc3ncnc(N4CCN(c5cccc[nH+]5)CC4)c23)cc1. The Balaban J connectivity index is 1.47. The van der Waals surface area contributed by atoms with Crippen LogP contribution in [0.25, 0.3) is 21.3 Å². The summed E-state index contributed by atoms with van der Waals surface area (Å²) in [7, 11) is 0. The average molecular weight is 409 g/mol. The number of thiophene rings is 1. The second kappa shape index (κ2) is 7.37. The van der Waals surface area contributed by atoms with Gasteiger partial charge in [0.1, 0.15) is 30.1 Å². The molecule has 5 nitrogen and oxygen atoms in total. The quantitative estimate of drug-likeness (QED) is 0.510. The monoisotopic (exact) mass is 408 g/mol. The van der Waals surface area contributed by atoms with Gasteiger partial charge in [-0.15, -0.1) is 11.3 Å². The Bertz CT molecular complexity index is 1090. The second-order valence-electron chi connectivity index (χ2n) is 6.76. The van der Waals surface area contributed by atoms with Gasteiger partial charge in [-0.3, -0.25) is 4.90 Å². The number of halogens is 1. The summed E-state index contributed by atoms with van der Waals surface area (Å²) in [5.74, 6) is 2.18. The summed E-state index contributed by atoms with van der Waals surface area (Å²) in [6.45, 7) is 3.74. The molecule has 1 fully saturated rings. The lowest BCUT2D eigenvalue weighted by Gasteiger charge is -2.32. The average Bonchev–Trinajstić information content (AvgIpc) is 3.19. The van der Waals surface area contributed by atoms with Gasteiger partial charge in [-0.1, -0.05) is 29.8 Å². The maximum absolute atomic E-state index is 6.07. The number of fused-ring (bicyclic) bond motifs is 1. The van der Waals surface area contributed by atoms with Gasteiger partial charge in [-0.2, -0.15) is 0 Å². The highest BCUT2D eigenvalue weighted by Gasteiger charge is 2.26. The molecule has 0 aliphatic carbocycles. The normalized spacial score (nSPS) is 14.6. The van der Waals surface area contributed by atoms with Crippen molar-refractivity contribution in [2.24, 2.45) is 0 Å². The van der Waals surface area contributed by atoms with E-state index in [1.54, 1.807) is 17.7 Å². The Morgan fingerprint density at radius 2 is 1.71 bits per heavy atom. The molecule has 4 heterocycles. The molecular weight excluding hydrogens is 390 g/mol. The number of hydrogen-bond acceptors (Lipinski definition) is 5. The molecule has 0 unspecified atom stereocenters. The van der Waals surface area contributed by atoms with Crippen LogP contribution in [-0.4, -0.2) is 36.1 Å². The number of anilines is 2. The number of benzene rings is 1. The molecule has 7 heteroatoms. The lowest BCUT2D eigenvalue weighted by molar-refractivity contribution is -0.364. The van der Waals surface area contributed by atoms with Gasteiger partial charge in [-0.05, 0) is 23.8 Å². The molecular formula is C21H19ClN5S+. The van der Waals surface area contributed by atoms with E-state index in [1.807, 2.05) is 24.4 Å². The van der Waals surface area contributed by atoms with E-state index < -0.39 is 0 Å². The standard InChI is InChI=1S/C21H18ClN5S/c22-16-6-4-15(5-7-16)17-13-28-21-19(17)20(24-14-25-21)27-11-9-26(10-12-27)18-3-1-2-8-23-18/h1-8,13-14H,9-12H2/p+1. The van der Waals surface area contributed by atoms with Crippen molar-refractivity contribution < 1.29 is 4.98 Å². The molecule has 28 heavy (non-hydrogen) atoms. The van der Waals surface area contributed by atoms with Crippen molar-refractivity contribution in [2.75, 3.05) is 36.0 Å². The fraction of sp³-hybridized carbons (Fsp3) is 0.190. The molecule has 0 bridgehead atoms. The number of rotatable bonds is 3. The van der Waals surface area contributed by atoms with Gasteiger partial charge in [0, 0.05) is 22.0 Å². The van der Waals surface area contributed by atoms with E-state index in [0.717, 1.165) is 58.6 Å². The third-order valence-corrected chi connectivity index (χ3v) is 6.26. The number of nitrogens with zero attached hydrogens (tertiary/aromatic N) is 4. The highest BCUT2D eigenvalue weighted by atomic mass is 35.5. The van der Waals surface area contributed by atoms with Gasteiger partial charge in [0.25, 0.3) is 5.82 Å². The van der Waals surface area contributed by atoms with Crippen LogP contribution in [0.1, 0.15) is 0 Å². The van der Waals surface area contributed by atoms with Crippen LogP contribution in [0.3, 0.4) is 0 Å². The Kier molecular flexibility index (Phi) is 4.58. The van der Waals surface area contributed by atoms with E-state index in [0.29, 0.717) is 0 Å². The van der Waals surface area contributed by atoms with Crippen LogP contribution < -0.4 is 14.8 Å². The fourth-order valence-electron chi connectivity index (χ4n) is 3.68. The molecule has 0 amide bonds. The van der Waals surface area contributed by atoms with Gasteiger partial charge in [0.15, 0.2) is 0 Å². The van der Waals surface area contributed by atoms with E-state index >= 15 is 0 Å². The van der Waals surface area contributed by atoms with Crippen LogP contribution in [0.5, 0.6) is 0 Å². The molecule has 1 aliphatic heterocycles. The summed E-state index contributed by atoms with van der Waals surface area (Å²) in [5, 5.41) is 4.05. The van der Waals surface area contributed by atoms with Crippen molar-refractivity contribution in [3.8, 4) is 11.1 Å². The predicted molar refractivity (Wildman–Crippen MR) is 115 cm³/mol. The summed E-state index contributed by atoms with van der Waals surface area (Å²) in [6, 6.07) is 14.2. The third kappa shape index (κ3) is 3.19. The van der Waals surface area contributed by atoms with Crippen molar-refractivity contribution >= 4 is 44.8 Å². The zero-order chi connectivity index (χ0) is 18.9. The van der Waals surface area contributed by atoms with Crippen molar-refractivity contribution in [1.82, 2.24) is 9.97 Å². The lowest BCUT2D eigenvalue weighted by atomic mass is 10.1. The number of H-pyrrole nitrogens is 1. The first-order valence-electron chi connectivity index (χ1n) is 9.24. The zero-order valence-electron chi connectivity index (χ0n) is 15.2. The van der Waals surface area contributed by atoms with Crippen LogP contribution in [0.4, 0.5) is 11.6 Å². The molecule has 0 spiro atoms. The Morgan fingerprint density at radius 1 is 0.929 bits per heavy atom. The molecule has 1 N–H and O–H groups in total. The highest BCUT2D eigenvalue weighted by Crippen LogP contribution is 2.38. The van der Waals surface area contributed by atoms with E-state index in [9.17, 15) is 0 Å². The van der Waals surface area contributed by atoms with Crippen LogP contribution in [0, 0.1) is 0 Å². The molecule has 140 valence electrons. The van der Waals surface area contributed by atoms with E-state index in [-0.39, 0.29) is 0 Å². The molecule has 1 aromatic carbocycles. The lowest BCUT2D eigenvalue weighted by Crippen LogP contribution is -2.48. The number of piperazine rings is 1. The molecule has 4 aromatic rings. The Hall–Kier alpha value is -2.70. The summed E-state index contributed by atoms with van der Waals surface area (Å²) in [5.41, 5.74) is 2.32. The summed E-state index contributed by atoms with van der Waals surface area (Å²) < 4.78 is 0. The first-order chi connectivity index (χ1) is 13.8. The number of aromatic nitrogens is 3. The maximum atomic E-state index is 6.07. The topological polar surface area (TPSA) is 46.4 Å². The molecule has 1 aliphatic rings. The van der Waals surface area contributed by atoms with Crippen LogP contribution in [0.15, 0.2) is 60.4 Å². The van der Waals surface area contributed by atoms with Gasteiger partial charge in [0.05, 0.1) is 24.7 Å². The van der Waals surface area contributed by atoms with Crippen LogP contribution in [0.2, 0.25) is 5.02 Å². The summed E-state index contributed by atoms with van der Waals surface area (Å²) in [4.78, 5) is 18.3. The molecule has 0 radical (unpaired) electrons. The van der Waals surface area contributed by atoms with Crippen molar-refractivity contribution in [1.29, 1.82) is 0 Å². The molecule has 5 rings (SSSR count). The minimum absolute atomic E-state index is 0.744. The van der Waals surface area contributed by atoms with Gasteiger partial charge in [-0.25, -0.2) is 15.0 Å². The van der Waals surface area contributed by atoms with Gasteiger partial charge < -0.3 is 4.90 Å². The number of aromatic amines is 1. The molecule has 3 aromatic heterocycles. The molecule has 1 saturated heterocycles. The summed E-state index contributed by atoms with van der Waals surface area (Å²) >= 11 is 7.73. The fourth-order valence-corrected chi connectivity index (χ4v) is 4.72. The Labute approximate surface area is 172 Å². The van der Waals surface area contributed by atoms with Crippen molar-refractivity contribution in [2.45, 2.75) is 0 Å². The number of pyridine rings is 1. The predicted octanol–water partition coefficient (Wildman–Crippen LogP) is 4.15. The number of hydrogen-bond donors (Lipinski definition) is 0. The molecule has 0 atom stereocenters. The first-order valence-corrected chi connectivity index (χ1v) is 10.5. The zero-order valence-corrected chi connectivity index (χ0v) is 16.7. The maximum Gasteiger partial charge on any atom is 0.274 e. The van der Waals surface area contributed by atoms with Gasteiger partial charge in [0.2, 0.25) is 0 Å².